The number of benzene rings is 1. The number of hydrogen-bond acceptors (Lipinski definition) is 3. The fraction of sp³-hybridized carbons (Fsp3) is 0.214. The zero-order valence-electron chi connectivity index (χ0n) is 10.5. The molecule has 102 valence electrons. The first-order valence-electron chi connectivity index (χ1n) is 6.19. The van der Waals surface area contributed by atoms with Gasteiger partial charge < -0.3 is 15.2 Å². The molecule has 0 aliphatic carbocycles. The number of carboxylic acids is 2. The average molecular weight is 272 g/mol. The van der Waals surface area contributed by atoms with Crippen LogP contribution in [-0.4, -0.2) is 39.4 Å². The predicted molar refractivity (Wildman–Crippen MR) is 72.2 cm³/mol. The molecule has 6 heteroatoms. The van der Waals surface area contributed by atoms with Crippen molar-refractivity contribution in [1.82, 2.24) is 4.98 Å². The summed E-state index contributed by atoms with van der Waals surface area (Å²) in [6.07, 6.45) is 0.675. The summed E-state index contributed by atoms with van der Waals surface area (Å²) in [5.74, 6) is -4.44. The highest BCUT2D eigenvalue weighted by Crippen LogP contribution is 2.28. The molecule has 1 aliphatic rings. The second-order valence-electron chi connectivity index (χ2n) is 4.65. The molecule has 2 heterocycles. The molecular formula is C14H12N2O4. The second-order valence-corrected chi connectivity index (χ2v) is 4.65. The number of aromatic nitrogens is 1. The lowest BCUT2D eigenvalue weighted by Gasteiger charge is -2.16. The van der Waals surface area contributed by atoms with Crippen LogP contribution in [-0.2, 0) is 16.0 Å². The maximum absolute atomic E-state index is 11.2. The van der Waals surface area contributed by atoms with E-state index in [9.17, 15) is 9.59 Å². The second kappa shape index (κ2) is 4.48. The van der Waals surface area contributed by atoms with Crippen molar-refractivity contribution in [2.24, 2.45) is 10.9 Å². The van der Waals surface area contributed by atoms with Crippen molar-refractivity contribution in [2.45, 2.75) is 6.42 Å². The highest BCUT2D eigenvalue weighted by atomic mass is 16.4. The number of H-pyrrole nitrogens is 1. The number of hydrogen-bond donors (Lipinski definition) is 3. The van der Waals surface area contributed by atoms with Crippen LogP contribution in [0.15, 0.2) is 29.3 Å². The Labute approximate surface area is 113 Å². The fourth-order valence-electron chi connectivity index (χ4n) is 2.62. The molecule has 0 spiro atoms. The summed E-state index contributed by atoms with van der Waals surface area (Å²) >= 11 is 0. The quantitative estimate of drug-likeness (QED) is 0.733. The average Bonchev–Trinajstić information content (AvgIpc) is 2.78. The molecule has 1 aromatic carbocycles. The molecular weight excluding hydrogens is 260 g/mol. The smallest absolute Gasteiger partial charge is 0.324 e. The van der Waals surface area contributed by atoms with Gasteiger partial charge in [0.15, 0.2) is 5.92 Å². The SMILES string of the molecule is O=C(O)C(C(=O)O)C1=NCCc2c1[nH]c1ccccc21. The molecule has 6 nitrogen and oxygen atoms in total. The molecule has 0 unspecified atom stereocenters. The third-order valence-corrected chi connectivity index (χ3v) is 3.48. The first-order chi connectivity index (χ1) is 9.59. The maximum atomic E-state index is 11.2. The number of rotatable bonds is 3. The van der Waals surface area contributed by atoms with Crippen LogP contribution in [0, 0.1) is 5.92 Å². The van der Waals surface area contributed by atoms with Gasteiger partial charge in [-0.15, -0.1) is 0 Å². The van der Waals surface area contributed by atoms with Gasteiger partial charge in [0.2, 0.25) is 0 Å². The van der Waals surface area contributed by atoms with Gasteiger partial charge in [0, 0.05) is 17.4 Å². The van der Waals surface area contributed by atoms with Crippen molar-refractivity contribution >= 4 is 28.6 Å². The van der Waals surface area contributed by atoms with Crippen LogP contribution >= 0.6 is 0 Å². The summed E-state index contributed by atoms with van der Waals surface area (Å²) in [5.41, 5.74) is 2.44. The Kier molecular flexibility index (Phi) is 2.78. The molecule has 0 atom stereocenters. The number of nitrogens with zero attached hydrogens (tertiary/aromatic N) is 1. The van der Waals surface area contributed by atoms with Gasteiger partial charge in [-0.3, -0.25) is 14.6 Å². The van der Waals surface area contributed by atoms with Crippen LogP contribution in [0.25, 0.3) is 10.9 Å². The van der Waals surface area contributed by atoms with Crippen LogP contribution in [0.1, 0.15) is 11.3 Å². The zero-order valence-corrected chi connectivity index (χ0v) is 10.5. The molecule has 1 aromatic heterocycles. The van der Waals surface area contributed by atoms with Gasteiger partial charge in [-0.05, 0) is 18.1 Å². The minimum Gasteiger partial charge on any atom is -0.480 e. The van der Waals surface area contributed by atoms with E-state index < -0.39 is 17.9 Å². The molecule has 0 fully saturated rings. The van der Waals surface area contributed by atoms with E-state index in [4.69, 9.17) is 10.2 Å². The maximum Gasteiger partial charge on any atom is 0.324 e. The van der Waals surface area contributed by atoms with Crippen molar-refractivity contribution in [3.8, 4) is 0 Å². The molecule has 0 radical (unpaired) electrons. The number of nitrogens with one attached hydrogen (secondary N) is 1. The van der Waals surface area contributed by atoms with Gasteiger partial charge in [-0.2, -0.15) is 0 Å². The predicted octanol–water partition coefficient (Wildman–Crippen LogP) is 1.30. The summed E-state index contributed by atoms with van der Waals surface area (Å²) in [6, 6.07) is 7.58. The fourth-order valence-corrected chi connectivity index (χ4v) is 2.62. The van der Waals surface area contributed by atoms with E-state index in [0.29, 0.717) is 18.7 Å². The Hall–Kier alpha value is -2.63. The molecule has 2 aromatic rings. The van der Waals surface area contributed by atoms with Gasteiger partial charge in [0.05, 0.1) is 11.4 Å². The summed E-state index contributed by atoms with van der Waals surface area (Å²) in [7, 11) is 0. The molecule has 0 saturated heterocycles. The third-order valence-electron chi connectivity index (χ3n) is 3.48. The Morgan fingerprint density at radius 1 is 1.20 bits per heavy atom. The van der Waals surface area contributed by atoms with Gasteiger partial charge in [0.1, 0.15) is 0 Å². The number of aromatic amines is 1. The Bertz CT molecular complexity index is 731. The first kappa shape index (κ1) is 12.4. The number of carboxylic acid groups (broad SMARTS) is 2. The molecule has 0 bridgehead atoms. The number of aliphatic imine (C=N–C) groups is 1. The topological polar surface area (TPSA) is 103 Å². The van der Waals surface area contributed by atoms with Crippen molar-refractivity contribution in [3.05, 3.63) is 35.5 Å². The summed E-state index contributed by atoms with van der Waals surface area (Å²) in [6.45, 7) is 0.404. The largest absolute Gasteiger partial charge is 0.480 e. The van der Waals surface area contributed by atoms with E-state index in [1.165, 1.54) is 0 Å². The van der Waals surface area contributed by atoms with Crippen molar-refractivity contribution < 1.29 is 19.8 Å². The number of fused-ring (bicyclic) bond motifs is 3. The Morgan fingerprint density at radius 3 is 2.60 bits per heavy atom. The lowest BCUT2D eigenvalue weighted by molar-refractivity contribution is -0.150. The number of carbonyl (C=O) groups is 2. The van der Waals surface area contributed by atoms with Crippen molar-refractivity contribution in [3.63, 3.8) is 0 Å². The molecule has 3 N–H and O–H groups in total. The highest BCUT2D eigenvalue weighted by Gasteiger charge is 2.36. The minimum atomic E-state index is -1.64. The standard InChI is InChI=1S/C14H12N2O4/c17-13(18)10(14(19)20)12-11-8(5-6-15-12)7-3-1-2-4-9(7)16-11/h1-4,10,16H,5-6H2,(H,17,18)(H,19,20). The van der Waals surface area contributed by atoms with Crippen LogP contribution in [0.5, 0.6) is 0 Å². The van der Waals surface area contributed by atoms with E-state index in [1.54, 1.807) is 0 Å². The van der Waals surface area contributed by atoms with E-state index >= 15 is 0 Å². The van der Waals surface area contributed by atoms with Gasteiger partial charge >= 0.3 is 11.9 Å². The monoisotopic (exact) mass is 272 g/mol. The molecule has 20 heavy (non-hydrogen) atoms. The van der Waals surface area contributed by atoms with Crippen molar-refractivity contribution in [2.75, 3.05) is 6.54 Å². The van der Waals surface area contributed by atoms with Gasteiger partial charge in [-0.1, -0.05) is 18.2 Å². The first-order valence-corrected chi connectivity index (χ1v) is 6.19. The number of aliphatic carboxylic acids is 2. The summed E-state index contributed by atoms with van der Waals surface area (Å²) in [4.78, 5) is 29.6. The summed E-state index contributed by atoms with van der Waals surface area (Å²) < 4.78 is 0. The zero-order chi connectivity index (χ0) is 14.3. The molecule has 0 saturated carbocycles. The Morgan fingerprint density at radius 2 is 1.90 bits per heavy atom. The lowest BCUT2D eigenvalue weighted by atomic mass is 9.94. The lowest BCUT2D eigenvalue weighted by Crippen LogP contribution is -2.34. The minimum absolute atomic E-state index is 0.0995. The van der Waals surface area contributed by atoms with E-state index in [-0.39, 0.29) is 5.71 Å². The normalized spacial score (nSPS) is 14.2. The summed E-state index contributed by atoms with van der Waals surface area (Å²) in [5, 5.41) is 19.2. The van der Waals surface area contributed by atoms with E-state index in [1.807, 2.05) is 24.3 Å². The van der Waals surface area contributed by atoms with Crippen LogP contribution < -0.4 is 0 Å². The van der Waals surface area contributed by atoms with E-state index in [0.717, 1.165) is 16.5 Å². The Balaban J connectivity index is 2.19. The molecule has 1 aliphatic heterocycles. The van der Waals surface area contributed by atoms with Crippen molar-refractivity contribution in [1.29, 1.82) is 0 Å². The van der Waals surface area contributed by atoms with Crippen LogP contribution in [0.3, 0.4) is 0 Å². The third kappa shape index (κ3) is 1.77. The van der Waals surface area contributed by atoms with Gasteiger partial charge in [0.25, 0.3) is 0 Å². The van der Waals surface area contributed by atoms with Gasteiger partial charge in [-0.25, -0.2) is 0 Å². The van der Waals surface area contributed by atoms with Crippen LogP contribution in [0.2, 0.25) is 0 Å². The highest BCUT2D eigenvalue weighted by molar-refractivity contribution is 6.23. The molecule has 3 rings (SSSR count). The number of para-hydroxylation sites is 1. The van der Waals surface area contributed by atoms with Crippen LogP contribution in [0.4, 0.5) is 0 Å². The molecule has 0 amide bonds. The van der Waals surface area contributed by atoms with E-state index in [2.05, 4.69) is 9.98 Å².